The molecule has 1 saturated carbocycles. The van der Waals surface area contributed by atoms with Gasteiger partial charge in [0.2, 0.25) is 5.91 Å². The first kappa shape index (κ1) is 22.4. The number of aliphatic imine (C=N–C) groups is 1. The van der Waals surface area contributed by atoms with E-state index >= 15 is 0 Å². The van der Waals surface area contributed by atoms with Crippen molar-refractivity contribution in [3.8, 4) is 0 Å². The van der Waals surface area contributed by atoms with Crippen LogP contribution in [0.5, 0.6) is 0 Å². The van der Waals surface area contributed by atoms with Gasteiger partial charge >= 0.3 is 0 Å². The summed E-state index contributed by atoms with van der Waals surface area (Å²) in [6.45, 7) is 4.68. The normalized spacial score (nSPS) is 16.6. The van der Waals surface area contributed by atoms with Crippen molar-refractivity contribution in [3.05, 3.63) is 0 Å². The van der Waals surface area contributed by atoms with Crippen LogP contribution in [0.3, 0.4) is 0 Å². The summed E-state index contributed by atoms with van der Waals surface area (Å²) in [6, 6.07) is 0. The van der Waals surface area contributed by atoms with Crippen molar-refractivity contribution in [3.63, 3.8) is 0 Å². The van der Waals surface area contributed by atoms with Crippen LogP contribution in [-0.2, 0) is 9.53 Å². The van der Waals surface area contributed by atoms with Gasteiger partial charge in [0.05, 0.1) is 0 Å². The highest BCUT2D eigenvalue weighted by molar-refractivity contribution is 14.0. The molecule has 7 heteroatoms. The molecule has 136 valence electrons. The molecule has 1 aliphatic carbocycles. The smallest absolute Gasteiger partial charge is 0.243 e. The van der Waals surface area contributed by atoms with E-state index in [9.17, 15) is 4.79 Å². The Labute approximate surface area is 157 Å². The molecule has 0 aromatic rings. The minimum atomic E-state index is 0. The molecule has 1 rings (SSSR count). The van der Waals surface area contributed by atoms with E-state index in [0.717, 1.165) is 32.1 Å². The molecule has 0 heterocycles. The van der Waals surface area contributed by atoms with Gasteiger partial charge in [0.15, 0.2) is 5.96 Å². The van der Waals surface area contributed by atoms with Crippen LogP contribution in [0.4, 0.5) is 0 Å². The van der Waals surface area contributed by atoms with Crippen LogP contribution in [0, 0.1) is 5.41 Å². The Morgan fingerprint density at radius 1 is 1.26 bits per heavy atom. The van der Waals surface area contributed by atoms with Crippen LogP contribution in [-0.4, -0.2) is 64.2 Å². The van der Waals surface area contributed by atoms with Crippen LogP contribution in [0.15, 0.2) is 4.99 Å². The van der Waals surface area contributed by atoms with Crippen molar-refractivity contribution in [1.82, 2.24) is 15.5 Å². The van der Waals surface area contributed by atoms with E-state index in [4.69, 9.17) is 4.74 Å². The van der Waals surface area contributed by atoms with E-state index in [2.05, 4.69) is 15.6 Å². The van der Waals surface area contributed by atoms with E-state index in [-0.39, 0.29) is 36.4 Å². The molecule has 0 bridgehead atoms. The van der Waals surface area contributed by atoms with Gasteiger partial charge in [0.25, 0.3) is 0 Å². The molecule has 1 fully saturated rings. The molecular weight excluding hydrogens is 407 g/mol. The summed E-state index contributed by atoms with van der Waals surface area (Å²) in [7, 11) is 5.25. The maximum atomic E-state index is 11.7. The third kappa shape index (κ3) is 8.19. The first-order valence-corrected chi connectivity index (χ1v) is 8.24. The van der Waals surface area contributed by atoms with Crippen molar-refractivity contribution in [2.24, 2.45) is 10.4 Å². The summed E-state index contributed by atoms with van der Waals surface area (Å²) in [4.78, 5) is 17.6. The summed E-state index contributed by atoms with van der Waals surface area (Å²) in [5.74, 6) is 0.730. The summed E-state index contributed by atoms with van der Waals surface area (Å²) in [6.07, 6.45) is 6.13. The molecule has 0 radical (unpaired) electrons. The maximum absolute atomic E-state index is 11.7. The molecule has 1 amide bonds. The van der Waals surface area contributed by atoms with Crippen molar-refractivity contribution in [1.29, 1.82) is 0 Å². The first-order chi connectivity index (χ1) is 10.5. The number of carbonyl (C=O) groups excluding carboxylic acids is 1. The number of nitrogens with zero attached hydrogens (tertiary/aromatic N) is 2. The Bertz CT molecular complexity index is 369. The largest absolute Gasteiger partial charge is 0.385 e. The minimum Gasteiger partial charge on any atom is -0.385 e. The SMILES string of the molecule is CCNC(=NCC(=O)N(C)C)NCC1(CCOC)CCCC1.I. The summed E-state index contributed by atoms with van der Waals surface area (Å²) >= 11 is 0. The van der Waals surface area contributed by atoms with Crippen LogP contribution >= 0.6 is 24.0 Å². The molecular formula is C16H33IN4O2. The van der Waals surface area contributed by atoms with E-state index in [0.29, 0.717) is 5.41 Å². The van der Waals surface area contributed by atoms with Crippen molar-refractivity contribution in [2.75, 3.05) is 47.4 Å². The second-order valence-corrected chi connectivity index (χ2v) is 6.29. The lowest BCUT2D eigenvalue weighted by molar-refractivity contribution is -0.127. The van der Waals surface area contributed by atoms with Gasteiger partial charge in [-0.3, -0.25) is 4.79 Å². The zero-order valence-electron chi connectivity index (χ0n) is 15.0. The summed E-state index contributed by atoms with van der Waals surface area (Å²) < 4.78 is 5.26. The number of guanidine groups is 1. The molecule has 0 saturated heterocycles. The molecule has 0 aliphatic heterocycles. The number of rotatable bonds is 8. The topological polar surface area (TPSA) is 66.0 Å². The summed E-state index contributed by atoms with van der Waals surface area (Å²) in [5, 5.41) is 6.63. The number of hydrogen-bond donors (Lipinski definition) is 2. The third-order valence-corrected chi connectivity index (χ3v) is 4.35. The highest BCUT2D eigenvalue weighted by Gasteiger charge is 2.33. The quantitative estimate of drug-likeness (QED) is 0.344. The van der Waals surface area contributed by atoms with Crippen molar-refractivity contribution < 1.29 is 9.53 Å². The van der Waals surface area contributed by atoms with Gasteiger partial charge in [-0.2, -0.15) is 0 Å². The van der Waals surface area contributed by atoms with Gasteiger partial charge in [-0.15, -0.1) is 24.0 Å². The second-order valence-electron chi connectivity index (χ2n) is 6.29. The van der Waals surface area contributed by atoms with Crippen molar-refractivity contribution in [2.45, 2.75) is 39.0 Å². The Balaban J connectivity index is 0.00000484. The zero-order valence-corrected chi connectivity index (χ0v) is 17.3. The lowest BCUT2D eigenvalue weighted by atomic mass is 9.83. The number of amides is 1. The molecule has 6 nitrogen and oxygen atoms in total. The lowest BCUT2D eigenvalue weighted by Gasteiger charge is -2.30. The number of carbonyl (C=O) groups is 1. The maximum Gasteiger partial charge on any atom is 0.243 e. The number of ether oxygens (including phenoxy) is 1. The minimum absolute atomic E-state index is 0. The van der Waals surface area contributed by atoms with Gasteiger partial charge in [-0.1, -0.05) is 12.8 Å². The van der Waals surface area contributed by atoms with Crippen LogP contribution in [0.1, 0.15) is 39.0 Å². The van der Waals surface area contributed by atoms with E-state index in [1.54, 1.807) is 26.1 Å². The third-order valence-electron chi connectivity index (χ3n) is 4.35. The number of methoxy groups -OCH3 is 1. The van der Waals surface area contributed by atoms with E-state index in [1.807, 2.05) is 6.92 Å². The average molecular weight is 440 g/mol. The molecule has 0 aromatic carbocycles. The van der Waals surface area contributed by atoms with E-state index < -0.39 is 0 Å². The average Bonchev–Trinajstić information content (AvgIpc) is 2.97. The lowest BCUT2D eigenvalue weighted by Crippen LogP contribution is -2.44. The number of likely N-dealkylation sites (N-methyl/N-ethyl adjacent to an activating group) is 1. The molecule has 1 aliphatic rings. The Morgan fingerprint density at radius 3 is 2.43 bits per heavy atom. The first-order valence-electron chi connectivity index (χ1n) is 8.24. The molecule has 0 spiro atoms. The van der Waals surface area contributed by atoms with Crippen LogP contribution in [0.25, 0.3) is 0 Å². The van der Waals surface area contributed by atoms with Crippen molar-refractivity contribution >= 4 is 35.8 Å². The molecule has 0 atom stereocenters. The predicted octanol–water partition coefficient (Wildman–Crippen LogP) is 1.84. The van der Waals surface area contributed by atoms with Gasteiger partial charge < -0.3 is 20.3 Å². The molecule has 23 heavy (non-hydrogen) atoms. The number of nitrogens with one attached hydrogen (secondary N) is 2. The fraction of sp³-hybridized carbons (Fsp3) is 0.875. The summed E-state index contributed by atoms with van der Waals surface area (Å²) in [5.41, 5.74) is 0.303. The molecule has 0 unspecified atom stereocenters. The van der Waals surface area contributed by atoms with E-state index in [1.165, 1.54) is 25.7 Å². The van der Waals surface area contributed by atoms with Crippen LogP contribution in [0.2, 0.25) is 0 Å². The molecule has 0 aromatic heterocycles. The van der Waals surface area contributed by atoms with Gasteiger partial charge in [0, 0.05) is 40.9 Å². The van der Waals surface area contributed by atoms with Gasteiger partial charge in [-0.25, -0.2) is 4.99 Å². The number of halogens is 1. The van der Waals surface area contributed by atoms with Gasteiger partial charge in [0.1, 0.15) is 6.54 Å². The van der Waals surface area contributed by atoms with Gasteiger partial charge in [-0.05, 0) is 31.6 Å². The van der Waals surface area contributed by atoms with Crippen LogP contribution < -0.4 is 10.6 Å². The second kappa shape index (κ2) is 11.9. The monoisotopic (exact) mass is 440 g/mol. The Kier molecular flexibility index (Phi) is 11.6. The number of hydrogen-bond acceptors (Lipinski definition) is 3. The zero-order chi connectivity index (χ0) is 16.4. The highest BCUT2D eigenvalue weighted by Crippen LogP contribution is 2.40. The predicted molar refractivity (Wildman–Crippen MR) is 105 cm³/mol. The fourth-order valence-electron chi connectivity index (χ4n) is 2.86. The molecule has 2 N–H and O–H groups in total. The standard InChI is InChI=1S/C16H32N4O2.HI/c1-5-17-15(18-12-14(21)20(2)3)19-13-16(10-11-22-4)8-6-7-9-16;/h5-13H2,1-4H3,(H2,17,18,19);1H. The Morgan fingerprint density at radius 2 is 1.91 bits per heavy atom. The fourth-order valence-corrected chi connectivity index (χ4v) is 2.86. The highest BCUT2D eigenvalue weighted by atomic mass is 127. The Hall–Kier alpha value is -0.570.